The summed E-state index contributed by atoms with van der Waals surface area (Å²) in [5.41, 5.74) is 5.43. The van der Waals surface area contributed by atoms with Crippen LogP contribution in [-0.2, 0) is 11.3 Å². The number of nitro groups is 1. The van der Waals surface area contributed by atoms with E-state index < -0.39 is 4.92 Å². The number of aromatic nitrogens is 2. The van der Waals surface area contributed by atoms with Crippen LogP contribution in [0.4, 0.5) is 5.69 Å². The molecule has 0 spiro atoms. The van der Waals surface area contributed by atoms with Crippen molar-refractivity contribution in [3.63, 3.8) is 0 Å². The van der Waals surface area contributed by atoms with Gasteiger partial charge in [0.1, 0.15) is 12.4 Å². The topological polar surface area (TPSA) is 107 Å². The van der Waals surface area contributed by atoms with Crippen molar-refractivity contribution >= 4 is 11.6 Å². The van der Waals surface area contributed by atoms with E-state index in [9.17, 15) is 14.9 Å². The SMILES string of the molecule is CN(CC(C)(C)CN)C(=O)CCn1cc([N+](=O)[O-])cn1. The van der Waals surface area contributed by atoms with Gasteiger partial charge in [-0.05, 0) is 12.0 Å². The van der Waals surface area contributed by atoms with E-state index in [-0.39, 0.29) is 23.4 Å². The fourth-order valence-corrected chi connectivity index (χ4v) is 1.77. The molecule has 1 heterocycles. The highest BCUT2D eigenvalue weighted by molar-refractivity contribution is 5.75. The lowest BCUT2D eigenvalue weighted by atomic mass is 9.93. The normalized spacial score (nSPS) is 11.4. The number of carbonyl (C=O) groups excluding carboxylic acids is 1. The summed E-state index contributed by atoms with van der Waals surface area (Å²) in [7, 11) is 1.73. The molecule has 8 nitrogen and oxygen atoms in total. The van der Waals surface area contributed by atoms with Crippen LogP contribution in [0.25, 0.3) is 0 Å². The number of nitrogens with two attached hydrogens (primary N) is 1. The van der Waals surface area contributed by atoms with Crippen LogP contribution in [0.1, 0.15) is 20.3 Å². The lowest BCUT2D eigenvalue weighted by Gasteiger charge is -2.29. The molecular weight excluding hydrogens is 262 g/mol. The molecule has 0 bridgehead atoms. The maximum absolute atomic E-state index is 12.0. The van der Waals surface area contributed by atoms with Crippen molar-refractivity contribution in [2.75, 3.05) is 20.1 Å². The predicted octanol–water partition coefficient (Wildman–Crippen LogP) is 0.625. The largest absolute Gasteiger partial charge is 0.345 e. The summed E-state index contributed by atoms with van der Waals surface area (Å²) >= 11 is 0. The van der Waals surface area contributed by atoms with Crippen LogP contribution in [0.3, 0.4) is 0 Å². The van der Waals surface area contributed by atoms with Gasteiger partial charge < -0.3 is 10.6 Å². The third-order valence-electron chi connectivity index (χ3n) is 3.03. The molecule has 0 aliphatic rings. The maximum Gasteiger partial charge on any atom is 0.306 e. The molecule has 0 saturated carbocycles. The third-order valence-corrected chi connectivity index (χ3v) is 3.03. The first-order valence-corrected chi connectivity index (χ1v) is 6.36. The smallest absolute Gasteiger partial charge is 0.306 e. The Morgan fingerprint density at radius 1 is 1.60 bits per heavy atom. The fraction of sp³-hybridized carbons (Fsp3) is 0.667. The zero-order chi connectivity index (χ0) is 15.3. The molecule has 112 valence electrons. The summed E-state index contributed by atoms with van der Waals surface area (Å²) in [6.45, 7) is 5.37. The molecule has 0 saturated heterocycles. The van der Waals surface area contributed by atoms with Gasteiger partial charge in [-0.1, -0.05) is 13.8 Å². The first-order valence-electron chi connectivity index (χ1n) is 6.36. The van der Waals surface area contributed by atoms with Gasteiger partial charge in [0.2, 0.25) is 5.91 Å². The minimum absolute atomic E-state index is 0.0373. The minimum Gasteiger partial charge on any atom is -0.345 e. The predicted molar refractivity (Wildman–Crippen MR) is 74.0 cm³/mol. The molecule has 0 aliphatic heterocycles. The molecular formula is C12H21N5O3. The summed E-state index contributed by atoms with van der Waals surface area (Å²) < 4.78 is 1.40. The van der Waals surface area contributed by atoms with Gasteiger partial charge in [0.25, 0.3) is 0 Å². The van der Waals surface area contributed by atoms with Crippen molar-refractivity contribution in [1.82, 2.24) is 14.7 Å². The van der Waals surface area contributed by atoms with Crippen LogP contribution in [0.5, 0.6) is 0 Å². The highest BCUT2D eigenvalue weighted by atomic mass is 16.6. The van der Waals surface area contributed by atoms with Crippen LogP contribution in [0, 0.1) is 15.5 Å². The first kappa shape index (κ1) is 16.1. The number of nitrogens with zero attached hydrogens (tertiary/aromatic N) is 4. The van der Waals surface area contributed by atoms with Crippen molar-refractivity contribution < 1.29 is 9.72 Å². The van der Waals surface area contributed by atoms with E-state index in [0.29, 0.717) is 19.6 Å². The van der Waals surface area contributed by atoms with E-state index in [4.69, 9.17) is 5.73 Å². The van der Waals surface area contributed by atoms with Gasteiger partial charge in [-0.3, -0.25) is 19.6 Å². The lowest BCUT2D eigenvalue weighted by Crippen LogP contribution is -2.40. The van der Waals surface area contributed by atoms with Crippen LogP contribution >= 0.6 is 0 Å². The number of rotatable bonds is 7. The van der Waals surface area contributed by atoms with Crippen molar-refractivity contribution in [2.45, 2.75) is 26.8 Å². The van der Waals surface area contributed by atoms with E-state index in [1.54, 1.807) is 11.9 Å². The molecule has 0 atom stereocenters. The van der Waals surface area contributed by atoms with Crippen LogP contribution < -0.4 is 5.73 Å². The molecule has 1 rings (SSSR count). The van der Waals surface area contributed by atoms with E-state index in [0.717, 1.165) is 0 Å². The molecule has 0 unspecified atom stereocenters. The van der Waals surface area contributed by atoms with Gasteiger partial charge >= 0.3 is 5.69 Å². The number of amides is 1. The molecule has 2 N–H and O–H groups in total. The Hall–Kier alpha value is -1.96. The Morgan fingerprint density at radius 3 is 2.75 bits per heavy atom. The van der Waals surface area contributed by atoms with Gasteiger partial charge in [-0.2, -0.15) is 5.10 Å². The van der Waals surface area contributed by atoms with E-state index in [1.807, 2.05) is 13.8 Å². The third kappa shape index (κ3) is 4.61. The molecule has 0 radical (unpaired) electrons. The second-order valence-electron chi connectivity index (χ2n) is 5.59. The molecule has 0 aliphatic carbocycles. The number of hydrogen-bond donors (Lipinski definition) is 1. The Kier molecular flexibility index (Phi) is 5.20. The molecule has 0 aromatic carbocycles. The van der Waals surface area contributed by atoms with Crippen molar-refractivity contribution in [3.05, 3.63) is 22.5 Å². The zero-order valence-electron chi connectivity index (χ0n) is 12.1. The Morgan fingerprint density at radius 2 is 2.25 bits per heavy atom. The van der Waals surface area contributed by atoms with Gasteiger partial charge in [0, 0.05) is 26.6 Å². The second-order valence-corrected chi connectivity index (χ2v) is 5.59. The molecule has 0 fully saturated rings. The van der Waals surface area contributed by atoms with Gasteiger partial charge in [0.05, 0.1) is 4.92 Å². The summed E-state index contributed by atoms with van der Waals surface area (Å²) in [6.07, 6.45) is 2.73. The Labute approximate surface area is 117 Å². The molecule has 20 heavy (non-hydrogen) atoms. The number of aryl methyl sites for hydroxylation is 1. The van der Waals surface area contributed by atoms with Crippen LogP contribution in [0.2, 0.25) is 0 Å². The molecule has 1 aromatic rings. The number of hydrogen-bond acceptors (Lipinski definition) is 5. The van der Waals surface area contributed by atoms with Gasteiger partial charge in [-0.15, -0.1) is 0 Å². The minimum atomic E-state index is -0.513. The lowest BCUT2D eigenvalue weighted by molar-refractivity contribution is -0.385. The number of carbonyl (C=O) groups is 1. The monoisotopic (exact) mass is 283 g/mol. The average Bonchev–Trinajstić information content (AvgIpc) is 2.84. The van der Waals surface area contributed by atoms with Crippen molar-refractivity contribution in [1.29, 1.82) is 0 Å². The van der Waals surface area contributed by atoms with E-state index in [2.05, 4.69) is 5.10 Å². The van der Waals surface area contributed by atoms with Crippen molar-refractivity contribution in [3.8, 4) is 0 Å². The molecule has 8 heteroatoms. The fourth-order valence-electron chi connectivity index (χ4n) is 1.77. The second kappa shape index (κ2) is 6.47. The highest BCUT2D eigenvalue weighted by Crippen LogP contribution is 2.14. The maximum atomic E-state index is 12.0. The van der Waals surface area contributed by atoms with Crippen molar-refractivity contribution in [2.24, 2.45) is 11.1 Å². The van der Waals surface area contributed by atoms with Gasteiger partial charge in [0.15, 0.2) is 0 Å². The Bertz CT molecular complexity index is 483. The standard InChI is InChI=1S/C12H21N5O3/c1-12(2,8-13)9-15(3)11(18)4-5-16-7-10(6-14-16)17(19)20/h6-7H,4-5,8-9,13H2,1-3H3. The summed E-state index contributed by atoms with van der Waals surface area (Å²) in [6, 6.07) is 0. The van der Waals surface area contributed by atoms with E-state index in [1.165, 1.54) is 17.1 Å². The summed E-state index contributed by atoms with van der Waals surface area (Å²) in [5, 5.41) is 14.4. The van der Waals surface area contributed by atoms with Gasteiger partial charge in [-0.25, -0.2) is 0 Å². The first-order chi connectivity index (χ1) is 9.25. The highest BCUT2D eigenvalue weighted by Gasteiger charge is 2.21. The quantitative estimate of drug-likeness (QED) is 0.583. The zero-order valence-corrected chi connectivity index (χ0v) is 12.1. The molecule has 1 amide bonds. The Balaban J connectivity index is 2.48. The summed E-state index contributed by atoms with van der Waals surface area (Å²) in [4.78, 5) is 23.6. The molecule has 1 aromatic heterocycles. The summed E-state index contributed by atoms with van der Waals surface area (Å²) in [5.74, 6) is -0.0373. The van der Waals surface area contributed by atoms with Crippen LogP contribution in [0.15, 0.2) is 12.4 Å². The van der Waals surface area contributed by atoms with Crippen LogP contribution in [-0.4, -0.2) is 45.6 Å². The van der Waals surface area contributed by atoms with E-state index >= 15 is 0 Å². The average molecular weight is 283 g/mol.